The molecule has 1 amide bonds. The van der Waals surface area contributed by atoms with Crippen LogP contribution in [0.25, 0.3) is 0 Å². The highest BCUT2D eigenvalue weighted by Gasteiger charge is 2.16. The van der Waals surface area contributed by atoms with Crippen LogP contribution in [0, 0.1) is 6.92 Å². The maximum absolute atomic E-state index is 12.3. The van der Waals surface area contributed by atoms with E-state index in [9.17, 15) is 4.79 Å². The Morgan fingerprint density at radius 2 is 1.85 bits per heavy atom. The van der Waals surface area contributed by atoms with E-state index in [4.69, 9.17) is 4.74 Å². The zero-order valence-corrected chi connectivity index (χ0v) is 12.0. The van der Waals surface area contributed by atoms with Gasteiger partial charge in [0, 0.05) is 0 Å². The molecule has 0 heterocycles. The highest BCUT2D eigenvalue weighted by molar-refractivity contribution is 5.96. The molecule has 0 aliphatic heterocycles. The van der Waals surface area contributed by atoms with Gasteiger partial charge in [-0.15, -0.1) is 0 Å². The molecule has 0 saturated heterocycles. The van der Waals surface area contributed by atoms with Crippen molar-refractivity contribution in [3.05, 3.63) is 59.7 Å². The standard InChI is InChI=1S/C17H19NO2/c1-12-9-10-16(20-3)15(11-12)18-17(19)13(2)14-7-5-4-6-8-14/h4-11,13H,1-3H3,(H,18,19)/t13-/m1/s1. The van der Waals surface area contributed by atoms with Gasteiger partial charge in [0.25, 0.3) is 0 Å². The fourth-order valence-corrected chi connectivity index (χ4v) is 2.05. The van der Waals surface area contributed by atoms with Gasteiger partial charge >= 0.3 is 0 Å². The van der Waals surface area contributed by atoms with Crippen LogP contribution in [0.2, 0.25) is 0 Å². The van der Waals surface area contributed by atoms with Gasteiger partial charge in [-0.05, 0) is 37.1 Å². The molecule has 0 unspecified atom stereocenters. The Balaban J connectivity index is 2.18. The highest BCUT2D eigenvalue weighted by Crippen LogP contribution is 2.27. The van der Waals surface area contributed by atoms with Crippen LogP contribution in [-0.2, 0) is 4.79 Å². The molecular formula is C17H19NO2. The molecule has 3 heteroatoms. The van der Waals surface area contributed by atoms with Crippen molar-refractivity contribution in [2.24, 2.45) is 0 Å². The number of benzene rings is 2. The van der Waals surface area contributed by atoms with E-state index in [1.165, 1.54) is 0 Å². The molecule has 20 heavy (non-hydrogen) atoms. The number of carbonyl (C=O) groups excluding carboxylic acids is 1. The zero-order valence-electron chi connectivity index (χ0n) is 12.0. The summed E-state index contributed by atoms with van der Waals surface area (Å²) >= 11 is 0. The molecule has 2 aromatic rings. The van der Waals surface area contributed by atoms with Gasteiger partial charge < -0.3 is 10.1 Å². The van der Waals surface area contributed by atoms with Crippen LogP contribution in [0.1, 0.15) is 24.0 Å². The fourth-order valence-electron chi connectivity index (χ4n) is 2.05. The first kappa shape index (κ1) is 14.1. The van der Waals surface area contributed by atoms with Gasteiger partial charge in [0.1, 0.15) is 5.75 Å². The molecule has 0 saturated carbocycles. The number of carbonyl (C=O) groups is 1. The van der Waals surface area contributed by atoms with Crippen LogP contribution in [0.3, 0.4) is 0 Å². The minimum Gasteiger partial charge on any atom is -0.495 e. The normalized spacial score (nSPS) is 11.8. The average Bonchev–Trinajstić information content (AvgIpc) is 2.47. The number of rotatable bonds is 4. The molecule has 2 rings (SSSR count). The van der Waals surface area contributed by atoms with Crippen molar-refractivity contribution in [3.8, 4) is 5.75 Å². The fraction of sp³-hybridized carbons (Fsp3) is 0.235. The van der Waals surface area contributed by atoms with E-state index < -0.39 is 0 Å². The third-order valence-corrected chi connectivity index (χ3v) is 3.31. The largest absolute Gasteiger partial charge is 0.495 e. The quantitative estimate of drug-likeness (QED) is 0.918. The summed E-state index contributed by atoms with van der Waals surface area (Å²) in [5.74, 6) is 0.422. The maximum atomic E-state index is 12.3. The molecule has 0 radical (unpaired) electrons. The lowest BCUT2D eigenvalue weighted by Gasteiger charge is -2.15. The molecule has 0 bridgehead atoms. The van der Waals surface area contributed by atoms with Gasteiger partial charge in [0.15, 0.2) is 0 Å². The van der Waals surface area contributed by atoms with Gasteiger partial charge in [-0.3, -0.25) is 4.79 Å². The van der Waals surface area contributed by atoms with E-state index in [1.807, 2.05) is 62.4 Å². The number of aryl methyl sites for hydroxylation is 1. The number of methoxy groups -OCH3 is 1. The van der Waals surface area contributed by atoms with Crippen molar-refractivity contribution in [2.45, 2.75) is 19.8 Å². The zero-order chi connectivity index (χ0) is 14.5. The van der Waals surface area contributed by atoms with Crippen molar-refractivity contribution >= 4 is 11.6 Å². The second kappa shape index (κ2) is 6.24. The predicted molar refractivity (Wildman–Crippen MR) is 81.2 cm³/mol. The van der Waals surface area contributed by atoms with Gasteiger partial charge in [-0.25, -0.2) is 0 Å². The first-order chi connectivity index (χ1) is 9.61. The van der Waals surface area contributed by atoms with Crippen LogP contribution in [0.4, 0.5) is 5.69 Å². The Bertz CT molecular complexity index is 593. The highest BCUT2D eigenvalue weighted by atomic mass is 16.5. The smallest absolute Gasteiger partial charge is 0.231 e. The molecule has 0 aliphatic carbocycles. The summed E-state index contributed by atoms with van der Waals surface area (Å²) in [6.07, 6.45) is 0. The maximum Gasteiger partial charge on any atom is 0.231 e. The molecule has 2 aromatic carbocycles. The van der Waals surface area contributed by atoms with E-state index in [2.05, 4.69) is 5.32 Å². The van der Waals surface area contributed by atoms with Gasteiger partial charge in [-0.1, -0.05) is 36.4 Å². The van der Waals surface area contributed by atoms with Crippen molar-refractivity contribution in [2.75, 3.05) is 12.4 Å². The third-order valence-electron chi connectivity index (χ3n) is 3.31. The molecule has 1 atom stereocenters. The monoisotopic (exact) mass is 269 g/mol. The van der Waals surface area contributed by atoms with Crippen molar-refractivity contribution in [1.82, 2.24) is 0 Å². The molecule has 0 aromatic heterocycles. The molecule has 104 valence electrons. The summed E-state index contributed by atoms with van der Waals surface area (Å²) in [7, 11) is 1.60. The van der Waals surface area contributed by atoms with E-state index >= 15 is 0 Å². The Kier molecular flexibility index (Phi) is 4.41. The van der Waals surface area contributed by atoms with Gasteiger partial charge in [0.2, 0.25) is 5.91 Å². The summed E-state index contributed by atoms with van der Waals surface area (Å²) in [6.45, 7) is 3.88. The van der Waals surface area contributed by atoms with Crippen molar-refractivity contribution in [1.29, 1.82) is 0 Å². The van der Waals surface area contributed by atoms with Crippen LogP contribution in [0.5, 0.6) is 5.75 Å². The third kappa shape index (κ3) is 3.18. The Morgan fingerprint density at radius 1 is 1.15 bits per heavy atom. The number of nitrogens with one attached hydrogen (secondary N) is 1. The Morgan fingerprint density at radius 3 is 2.50 bits per heavy atom. The van der Waals surface area contributed by atoms with E-state index in [0.717, 1.165) is 11.1 Å². The summed E-state index contributed by atoms with van der Waals surface area (Å²) in [6, 6.07) is 15.5. The Labute approximate surface area is 119 Å². The molecule has 3 nitrogen and oxygen atoms in total. The van der Waals surface area contributed by atoms with Crippen molar-refractivity contribution < 1.29 is 9.53 Å². The van der Waals surface area contributed by atoms with Crippen LogP contribution >= 0.6 is 0 Å². The van der Waals surface area contributed by atoms with E-state index in [0.29, 0.717) is 11.4 Å². The first-order valence-electron chi connectivity index (χ1n) is 6.62. The molecule has 0 aliphatic rings. The van der Waals surface area contributed by atoms with Gasteiger partial charge in [-0.2, -0.15) is 0 Å². The summed E-state index contributed by atoms with van der Waals surface area (Å²) in [4.78, 5) is 12.3. The van der Waals surface area contributed by atoms with E-state index in [-0.39, 0.29) is 11.8 Å². The molecule has 0 spiro atoms. The number of amides is 1. The second-order valence-corrected chi connectivity index (χ2v) is 4.83. The number of hydrogen-bond donors (Lipinski definition) is 1. The van der Waals surface area contributed by atoms with Crippen LogP contribution < -0.4 is 10.1 Å². The average molecular weight is 269 g/mol. The lowest BCUT2D eigenvalue weighted by atomic mass is 10.0. The van der Waals surface area contributed by atoms with Crippen LogP contribution in [-0.4, -0.2) is 13.0 Å². The number of hydrogen-bond acceptors (Lipinski definition) is 2. The molecule has 1 N–H and O–H groups in total. The first-order valence-corrected chi connectivity index (χ1v) is 6.62. The SMILES string of the molecule is COc1ccc(C)cc1NC(=O)[C@H](C)c1ccccc1. The van der Waals surface area contributed by atoms with Crippen molar-refractivity contribution in [3.63, 3.8) is 0 Å². The summed E-state index contributed by atoms with van der Waals surface area (Å²) in [5, 5.41) is 2.94. The van der Waals surface area contributed by atoms with Crippen LogP contribution in [0.15, 0.2) is 48.5 Å². The molecular weight excluding hydrogens is 250 g/mol. The number of ether oxygens (including phenoxy) is 1. The Hall–Kier alpha value is -2.29. The van der Waals surface area contributed by atoms with Gasteiger partial charge in [0.05, 0.1) is 18.7 Å². The van der Waals surface area contributed by atoms with E-state index in [1.54, 1.807) is 7.11 Å². The summed E-state index contributed by atoms with van der Waals surface area (Å²) < 4.78 is 5.27. The molecule has 0 fully saturated rings. The predicted octanol–water partition coefficient (Wildman–Crippen LogP) is 3.75. The lowest BCUT2D eigenvalue weighted by molar-refractivity contribution is -0.117. The minimum atomic E-state index is -0.207. The topological polar surface area (TPSA) is 38.3 Å². The second-order valence-electron chi connectivity index (χ2n) is 4.83. The minimum absolute atomic E-state index is 0.0416. The number of anilines is 1. The summed E-state index contributed by atoms with van der Waals surface area (Å²) in [5.41, 5.74) is 2.78. The lowest BCUT2D eigenvalue weighted by Crippen LogP contribution is -2.19.